The largest absolute Gasteiger partial charge is 0.398 e. The maximum absolute atomic E-state index is 9.00. The van der Waals surface area contributed by atoms with Crippen LogP contribution in [0.4, 0.5) is 5.69 Å². The van der Waals surface area contributed by atoms with E-state index >= 15 is 0 Å². The van der Waals surface area contributed by atoms with Crippen molar-refractivity contribution in [3.8, 4) is 11.8 Å². The Morgan fingerprint density at radius 3 is 2.83 bits per heavy atom. The van der Waals surface area contributed by atoms with Crippen LogP contribution in [0.5, 0.6) is 0 Å². The number of para-hydroxylation sites is 2. The summed E-state index contributed by atoms with van der Waals surface area (Å²) in [7, 11) is 0. The van der Waals surface area contributed by atoms with E-state index in [0.717, 1.165) is 16.7 Å². The van der Waals surface area contributed by atoms with Crippen LogP contribution in [0.25, 0.3) is 16.7 Å². The van der Waals surface area contributed by atoms with Crippen LogP contribution in [0.3, 0.4) is 0 Å². The monoisotopic (exact) mass is 234 g/mol. The van der Waals surface area contributed by atoms with Gasteiger partial charge in [-0.2, -0.15) is 5.26 Å². The molecule has 0 radical (unpaired) electrons. The lowest BCUT2D eigenvalue weighted by Gasteiger charge is -2.05. The minimum Gasteiger partial charge on any atom is -0.398 e. The van der Waals surface area contributed by atoms with E-state index in [2.05, 4.69) is 11.1 Å². The third-order valence-electron chi connectivity index (χ3n) is 2.89. The minimum atomic E-state index is 0.477. The third-order valence-corrected chi connectivity index (χ3v) is 2.89. The van der Waals surface area contributed by atoms with Crippen LogP contribution >= 0.6 is 0 Å². The second-order valence-electron chi connectivity index (χ2n) is 3.99. The lowest BCUT2D eigenvalue weighted by Crippen LogP contribution is -1.96. The first-order valence-corrected chi connectivity index (χ1v) is 5.51. The summed E-state index contributed by atoms with van der Waals surface area (Å²) in [5.74, 6) is 0. The average Bonchev–Trinajstić information content (AvgIpc) is 2.83. The predicted octanol–water partition coefficient (Wildman–Crippen LogP) is 2.48. The van der Waals surface area contributed by atoms with Gasteiger partial charge in [0, 0.05) is 11.4 Å². The lowest BCUT2D eigenvalue weighted by molar-refractivity contribution is 1.09. The second-order valence-corrected chi connectivity index (χ2v) is 3.99. The third kappa shape index (κ3) is 1.50. The zero-order valence-corrected chi connectivity index (χ0v) is 9.54. The van der Waals surface area contributed by atoms with Gasteiger partial charge in [-0.3, -0.25) is 4.57 Å². The Balaban J connectivity index is 2.24. The Morgan fingerprint density at radius 1 is 1.17 bits per heavy atom. The van der Waals surface area contributed by atoms with Gasteiger partial charge < -0.3 is 5.73 Å². The molecule has 3 rings (SSSR count). The first kappa shape index (κ1) is 10.4. The van der Waals surface area contributed by atoms with Crippen molar-refractivity contribution in [1.29, 1.82) is 5.26 Å². The first-order valence-electron chi connectivity index (χ1n) is 5.51. The zero-order valence-electron chi connectivity index (χ0n) is 9.54. The van der Waals surface area contributed by atoms with Gasteiger partial charge in [-0.05, 0) is 30.3 Å². The van der Waals surface area contributed by atoms with Crippen molar-refractivity contribution in [2.75, 3.05) is 5.73 Å². The Bertz CT molecular complexity index is 765. The fraction of sp³-hybridized carbons (Fsp3) is 0. The minimum absolute atomic E-state index is 0.477. The number of benzene rings is 2. The van der Waals surface area contributed by atoms with E-state index in [1.807, 2.05) is 34.9 Å². The van der Waals surface area contributed by atoms with Gasteiger partial charge in [0.15, 0.2) is 0 Å². The summed E-state index contributed by atoms with van der Waals surface area (Å²) in [4.78, 5) is 4.32. The topological polar surface area (TPSA) is 67.6 Å². The van der Waals surface area contributed by atoms with Gasteiger partial charge in [0.2, 0.25) is 0 Å². The maximum Gasteiger partial charge on any atom is 0.101 e. The molecule has 0 spiro atoms. The molecular weight excluding hydrogens is 224 g/mol. The van der Waals surface area contributed by atoms with Crippen molar-refractivity contribution in [3.05, 3.63) is 54.4 Å². The number of nitrogens with zero attached hydrogens (tertiary/aromatic N) is 3. The fourth-order valence-electron chi connectivity index (χ4n) is 1.96. The van der Waals surface area contributed by atoms with Crippen LogP contribution in [0.1, 0.15) is 5.56 Å². The van der Waals surface area contributed by atoms with Crippen molar-refractivity contribution in [2.24, 2.45) is 0 Å². The van der Waals surface area contributed by atoms with Gasteiger partial charge in [-0.15, -0.1) is 0 Å². The molecule has 0 aliphatic heterocycles. The Kier molecular flexibility index (Phi) is 2.24. The molecule has 0 bridgehead atoms. The predicted molar refractivity (Wildman–Crippen MR) is 70.2 cm³/mol. The lowest BCUT2D eigenvalue weighted by atomic mass is 10.1. The molecule has 4 nitrogen and oxygen atoms in total. The highest BCUT2D eigenvalue weighted by atomic mass is 15.0. The molecule has 0 unspecified atom stereocenters. The van der Waals surface area contributed by atoms with E-state index in [-0.39, 0.29) is 0 Å². The number of rotatable bonds is 1. The molecule has 2 aromatic carbocycles. The standard InChI is InChI=1S/C14H10N4/c15-8-10-7-11(5-6-12(10)16)18-9-17-13-3-1-2-4-14(13)18/h1-7,9H,16H2. The number of nitrogen functional groups attached to an aromatic ring is 1. The van der Waals surface area contributed by atoms with Crippen LogP contribution in [-0.4, -0.2) is 9.55 Å². The average molecular weight is 234 g/mol. The van der Waals surface area contributed by atoms with Crippen molar-refractivity contribution >= 4 is 16.7 Å². The molecule has 0 fully saturated rings. The molecule has 0 atom stereocenters. The van der Waals surface area contributed by atoms with E-state index in [1.54, 1.807) is 18.5 Å². The summed E-state index contributed by atoms with van der Waals surface area (Å²) < 4.78 is 1.94. The molecule has 1 heterocycles. The zero-order chi connectivity index (χ0) is 12.5. The van der Waals surface area contributed by atoms with Crippen LogP contribution in [0.2, 0.25) is 0 Å². The number of anilines is 1. The molecule has 0 aliphatic carbocycles. The Morgan fingerprint density at radius 2 is 2.00 bits per heavy atom. The molecule has 0 amide bonds. The highest BCUT2D eigenvalue weighted by Gasteiger charge is 2.06. The van der Waals surface area contributed by atoms with Crippen LogP contribution in [0.15, 0.2) is 48.8 Å². The van der Waals surface area contributed by atoms with E-state index in [0.29, 0.717) is 11.3 Å². The molecular formula is C14H10N4. The quantitative estimate of drug-likeness (QED) is 0.658. The molecule has 0 saturated carbocycles. The highest BCUT2D eigenvalue weighted by Crippen LogP contribution is 2.21. The molecule has 18 heavy (non-hydrogen) atoms. The number of nitrogens with two attached hydrogens (primary N) is 1. The van der Waals surface area contributed by atoms with Gasteiger partial charge in [-0.1, -0.05) is 12.1 Å². The summed E-state index contributed by atoms with van der Waals surface area (Å²) in [6, 6.07) is 15.3. The number of nitriles is 1. The number of hydrogen-bond acceptors (Lipinski definition) is 3. The molecule has 4 heteroatoms. The molecule has 86 valence electrons. The Hall–Kier alpha value is -2.80. The summed E-state index contributed by atoms with van der Waals surface area (Å²) in [6.07, 6.45) is 1.75. The van der Waals surface area contributed by atoms with Crippen molar-refractivity contribution in [2.45, 2.75) is 0 Å². The molecule has 3 aromatic rings. The molecule has 1 aromatic heterocycles. The summed E-state index contributed by atoms with van der Waals surface area (Å²) in [5, 5.41) is 9.00. The molecule has 0 saturated heterocycles. The highest BCUT2D eigenvalue weighted by molar-refractivity contribution is 5.77. The van der Waals surface area contributed by atoms with Crippen molar-refractivity contribution in [3.63, 3.8) is 0 Å². The van der Waals surface area contributed by atoms with Gasteiger partial charge in [0.1, 0.15) is 12.4 Å². The summed E-state index contributed by atoms with van der Waals surface area (Å²) in [5.41, 5.74) is 9.50. The number of fused-ring (bicyclic) bond motifs is 1. The normalized spacial score (nSPS) is 10.4. The van der Waals surface area contributed by atoms with Crippen LogP contribution < -0.4 is 5.73 Å². The fourth-order valence-corrected chi connectivity index (χ4v) is 1.96. The van der Waals surface area contributed by atoms with E-state index in [1.165, 1.54) is 0 Å². The van der Waals surface area contributed by atoms with Gasteiger partial charge in [-0.25, -0.2) is 4.98 Å². The Labute approximate surface area is 104 Å². The number of imidazole rings is 1. The van der Waals surface area contributed by atoms with Crippen molar-refractivity contribution < 1.29 is 0 Å². The van der Waals surface area contributed by atoms with Gasteiger partial charge in [0.05, 0.1) is 16.6 Å². The summed E-state index contributed by atoms with van der Waals surface area (Å²) >= 11 is 0. The van der Waals surface area contributed by atoms with Gasteiger partial charge in [0.25, 0.3) is 0 Å². The van der Waals surface area contributed by atoms with E-state index in [4.69, 9.17) is 11.0 Å². The maximum atomic E-state index is 9.00. The molecule has 0 aliphatic rings. The van der Waals surface area contributed by atoms with Crippen LogP contribution in [-0.2, 0) is 0 Å². The van der Waals surface area contributed by atoms with Crippen LogP contribution in [0, 0.1) is 11.3 Å². The van der Waals surface area contributed by atoms with E-state index < -0.39 is 0 Å². The van der Waals surface area contributed by atoms with E-state index in [9.17, 15) is 0 Å². The molecule has 2 N–H and O–H groups in total. The first-order chi connectivity index (χ1) is 8.79. The SMILES string of the molecule is N#Cc1cc(-n2cnc3ccccc32)ccc1N. The number of hydrogen-bond donors (Lipinski definition) is 1. The second kappa shape index (κ2) is 3.90. The number of aromatic nitrogens is 2. The summed E-state index contributed by atoms with van der Waals surface area (Å²) in [6.45, 7) is 0. The van der Waals surface area contributed by atoms with Crippen molar-refractivity contribution in [1.82, 2.24) is 9.55 Å². The smallest absolute Gasteiger partial charge is 0.101 e. The van der Waals surface area contributed by atoms with Gasteiger partial charge >= 0.3 is 0 Å².